The van der Waals surface area contributed by atoms with Gasteiger partial charge in [0.2, 0.25) is 0 Å². The van der Waals surface area contributed by atoms with Crippen LogP contribution in [0.2, 0.25) is 5.02 Å². The summed E-state index contributed by atoms with van der Waals surface area (Å²) in [6, 6.07) is 7.51. The standard InChI is InChI=1S/C17H24ClN3O2/c18-15-3-5-16(6-4-15)23-12-11-20-7-9-21(10-8-20)17(22)19-13-14-1-2-14/h3-6,14H,1-2,7-13H2,(H,19,22). The summed E-state index contributed by atoms with van der Waals surface area (Å²) in [6.07, 6.45) is 2.53. The van der Waals surface area contributed by atoms with Gasteiger partial charge in [-0.2, -0.15) is 0 Å². The number of hydrogen-bond acceptors (Lipinski definition) is 3. The number of ether oxygens (including phenoxy) is 1. The molecule has 0 spiro atoms. The van der Waals surface area contributed by atoms with E-state index in [4.69, 9.17) is 16.3 Å². The van der Waals surface area contributed by atoms with Crippen LogP contribution in [0.1, 0.15) is 12.8 Å². The molecule has 5 nitrogen and oxygen atoms in total. The molecule has 1 saturated carbocycles. The molecule has 2 amide bonds. The number of benzene rings is 1. The Morgan fingerprint density at radius 3 is 2.52 bits per heavy atom. The lowest BCUT2D eigenvalue weighted by Crippen LogP contribution is -2.52. The van der Waals surface area contributed by atoms with Crippen molar-refractivity contribution in [3.8, 4) is 5.75 Å². The molecular weight excluding hydrogens is 314 g/mol. The molecule has 1 N–H and O–H groups in total. The Hall–Kier alpha value is -1.46. The predicted octanol–water partition coefficient (Wildman–Crippen LogP) is 2.46. The normalized spacial score (nSPS) is 18.7. The molecule has 2 fully saturated rings. The number of nitrogens with zero attached hydrogens (tertiary/aromatic N) is 2. The van der Waals surface area contributed by atoms with Crippen molar-refractivity contribution in [2.45, 2.75) is 12.8 Å². The van der Waals surface area contributed by atoms with E-state index in [0.29, 0.717) is 11.6 Å². The van der Waals surface area contributed by atoms with Crippen LogP contribution in [0.15, 0.2) is 24.3 Å². The van der Waals surface area contributed by atoms with Crippen molar-refractivity contribution in [2.75, 3.05) is 45.9 Å². The van der Waals surface area contributed by atoms with E-state index in [2.05, 4.69) is 10.2 Å². The van der Waals surface area contributed by atoms with Crippen LogP contribution in [0.3, 0.4) is 0 Å². The summed E-state index contributed by atoms with van der Waals surface area (Å²) < 4.78 is 5.72. The van der Waals surface area contributed by atoms with Crippen molar-refractivity contribution >= 4 is 17.6 Å². The largest absolute Gasteiger partial charge is 0.492 e. The molecule has 2 aliphatic rings. The molecule has 0 bridgehead atoms. The van der Waals surface area contributed by atoms with Crippen molar-refractivity contribution in [3.05, 3.63) is 29.3 Å². The molecule has 0 unspecified atom stereocenters. The lowest BCUT2D eigenvalue weighted by molar-refractivity contribution is 0.126. The van der Waals surface area contributed by atoms with Crippen molar-refractivity contribution in [1.29, 1.82) is 0 Å². The summed E-state index contributed by atoms with van der Waals surface area (Å²) in [5.74, 6) is 1.57. The Kier molecular flexibility index (Phi) is 5.62. The van der Waals surface area contributed by atoms with E-state index in [1.54, 1.807) is 0 Å². The van der Waals surface area contributed by atoms with E-state index in [0.717, 1.165) is 50.9 Å². The van der Waals surface area contributed by atoms with Gasteiger partial charge in [-0.25, -0.2) is 4.79 Å². The van der Waals surface area contributed by atoms with Gasteiger partial charge in [-0.3, -0.25) is 4.90 Å². The molecule has 23 heavy (non-hydrogen) atoms. The zero-order valence-electron chi connectivity index (χ0n) is 13.3. The predicted molar refractivity (Wildman–Crippen MR) is 91.1 cm³/mol. The molecule has 0 atom stereocenters. The van der Waals surface area contributed by atoms with E-state index in [1.807, 2.05) is 29.2 Å². The highest BCUT2D eigenvalue weighted by molar-refractivity contribution is 6.30. The number of hydrogen-bond donors (Lipinski definition) is 1. The van der Waals surface area contributed by atoms with Gasteiger partial charge in [0, 0.05) is 44.3 Å². The second-order valence-corrected chi connectivity index (χ2v) is 6.70. The van der Waals surface area contributed by atoms with E-state index < -0.39 is 0 Å². The average Bonchev–Trinajstić information content (AvgIpc) is 3.39. The lowest BCUT2D eigenvalue weighted by atomic mass is 10.3. The van der Waals surface area contributed by atoms with Gasteiger partial charge in [-0.05, 0) is 43.0 Å². The highest BCUT2D eigenvalue weighted by Crippen LogP contribution is 2.27. The van der Waals surface area contributed by atoms with Crippen LogP contribution in [-0.4, -0.2) is 61.7 Å². The van der Waals surface area contributed by atoms with Crippen molar-refractivity contribution in [3.63, 3.8) is 0 Å². The zero-order valence-corrected chi connectivity index (χ0v) is 14.1. The molecule has 1 aromatic rings. The van der Waals surface area contributed by atoms with Crippen molar-refractivity contribution in [2.24, 2.45) is 5.92 Å². The number of halogens is 1. The number of amides is 2. The summed E-state index contributed by atoms with van der Waals surface area (Å²) in [6.45, 7) is 5.75. The highest BCUT2D eigenvalue weighted by Gasteiger charge is 2.24. The maximum absolute atomic E-state index is 12.0. The van der Waals surface area contributed by atoms with E-state index in [9.17, 15) is 4.79 Å². The van der Waals surface area contributed by atoms with E-state index in [-0.39, 0.29) is 6.03 Å². The molecule has 6 heteroatoms. The fraction of sp³-hybridized carbons (Fsp3) is 0.588. The number of nitrogens with one attached hydrogen (secondary N) is 1. The fourth-order valence-corrected chi connectivity index (χ4v) is 2.79. The molecule has 1 aliphatic carbocycles. The Bertz CT molecular complexity index is 511. The average molecular weight is 338 g/mol. The first-order valence-electron chi connectivity index (χ1n) is 8.34. The van der Waals surface area contributed by atoms with Gasteiger partial charge in [0.05, 0.1) is 0 Å². The molecule has 126 valence electrons. The first-order chi connectivity index (χ1) is 11.2. The van der Waals surface area contributed by atoms with Gasteiger partial charge in [-0.15, -0.1) is 0 Å². The van der Waals surface area contributed by atoms with Crippen molar-refractivity contribution < 1.29 is 9.53 Å². The summed E-state index contributed by atoms with van der Waals surface area (Å²) in [4.78, 5) is 16.3. The molecule has 0 aromatic heterocycles. The first kappa shape index (κ1) is 16.4. The van der Waals surface area contributed by atoms with Gasteiger partial charge in [-0.1, -0.05) is 11.6 Å². The summed E-state index contributed by atoms with van der Waals surface area (Å²) in [5.41, 5.74) is 0. The van der Waals surface area contributed by atoms with Gasteiger partial charge in [0.25, 0.3) is 0 Å². The summed E-state index contributed by atoms with van der Waals surface area (Å²) in [7, 11) is 0. The molecule has 0 radical (unpaired) electrons. The van der Waals surface area contributed by atoms with E-state index >= 15 is 0 Å². The van der Waals surface area contributed by atoms with Crippen LogP contribution in [0.25, 0.3) is 0 Å². The SMILES string of the molecule is O=C(NCC1CC1)N1CCN(CCOc2ccc(Cl)cc2)CC1. The highest BCUT2D eigenvalue weighted by atomic mass is 35.5. The van der Waals surface area contributed by atoms with Gasteiger partial charge in [0.1, 0.15) is 12.4 Å². The Morgan fingerprint density at radius 2 is 1.87 bits per heavy atom. The number of piperazine rings is 1. The number of urea groups is 1. The summed E-state index contributed by atoms with van der Waals surface area (Å²) in [5, 5.41) is 3.75. The molecule has 1 aliphatic heterocycles. The topological polar surface area (TPSA) is 44.8 Å². The molecule has 3 rings (SSSR count). The third-order valence-corrected chi connectivity index (χ3v) is 4.64. The van der Waals surface area contributed by atoms with Gasteiger partial charge in [0.15, 0.2) is 0 Å². The second-order valence-electron chi connectivity index (χ2n) is 6.26. The fourth-order valence-electron chi connectivity index (χ4n) is 2.66. The zero-order chi connectivity index (χ0) is 16.1. The van der Waals surface area contributed by atoms with Gasteiger partial charge >= 0.3 is 6.03 Å². The minimum atomic E-state index is 0.0916. The van der Waals surface area contributed by atoms with Crippen molar-refractivity contribution in [1.82, 2.24) is 15.1 Å². The van der Waals surface area contributed by atoms with Crippen LogP contribution in [0.4, 0.5) is 4.79 Å². The monoisotopic (exact) mass is 337 g/mol. The Labute approximate surface area is 142 Å². The summed E-state index contributed by atoms with van der Waals surface area (Å²) >= 11 is 5.85. The van der Waals surface area contributed by atoms with Crippen LogP contribution >= 0.6 is 11.6 Å². The molecular formula is C17H24ClN3O2. The minimum absolute atomic E-state index is 0.0916. The number of carbonyl (C=O) groups is 1. The number of rotatable bonds is 6. The van der Waals surface area contributed by atoms with Crippen LogP contribution in [0, 0.1) is 5.92 Å². The molecule has 1 heterocycles. The maximum Gasteiger partial charge on any atom is 0.317 e. The van der Waals surface area contributed by atoms with E-state index in [1.165, 1.54) is 12.8 Å². The first-order valence-corrected chi connectivity index (χ1v) is 8.72. The third-order valence-electron chi connectivity index (χ3n) is 4.39. The van der Waals surface area contributed by atoms with Crippen LogP contribution in [0.5, 0.6) is 5.75 Å². The van der Waals surface area contributed by atoms with Crippen LogP contribution in [-0.2, 0) is 0 Å². The minimum Gasteiger partial charge on any atom is -0.492 e. The van der Waals surface area contributed by atoms with Crippen LogP contribution < -0.4 is 10.1 Å². The maximum atomic E-state index is 12.0. The third kappa shape index (κ3) is 5.29. The van der Waals surface area contributed by atoms with Gasteiger partial charge < -0.3 is 15.0 Å². The Balaban J connectivity index is 1.30. The quantitative estimate of drug-likeness (QED) is 0.867. The smallest absolute Gasteiger partial charge is 0.317 e. The Morgan fingerprint density at radius 1 is 1.17 bits per heavy atom. The number of carbonyl (C=O) groups excluding carboxylic acids is 1. The second kappa shape index (κ2) is 7.88. The molecule has 1 saturated heterocycles. The lowest BCUT2D eigenvalue weighted by Gasteiger charge is -2.34. The molecule has 1 aromatic carbocycles.